The average Bonchev–Trinajstić information content (AvgIpc) is 2.47. The van der Waals surface area contributed by atoms with Crippen molar-refractivity contribution in [3.8, 4) is 11.5 Å². The molecule has 0 saturated heterocycles. The van der Waals surface area contributed by atoms with Gasteiger partial charge in [0.05, 0.1) is 20.3 Å². The first-order valence-corrected chi connectivity index (χ1v) is 6.75. The minimum atomic E-state index is 0.589. The fourth-order valence-electron chi connectivity index (χ4n) is 2.02. The van der Waals surface area contributed by atoms with Crippen molar-refractivity contribution in [2.24, 2.45) is 0 Å². The summed E-state index contributed by atoms with van der Waals surface area (Å²) >= 11 is 0. The lowest BCUT2D eigenvalue weighted by atomic mass is 10.0. The number of nitrogens with one attached hydrogen (secondary N) is 1. The van der Waals surface area contributed by atoms with E-state index in [9.17, 15) is 4.79 Å². The molecule has 5 heteroatoms. The molecule has 5 nitrogen and oxygen atoms in total. The van der Waals surface area contributed by atoms with Gasteiger partial charge in [0.15, 0.2) is 11.5 Å². The first-order valence-electron chi connectivity index (χ1n) is 6.75. The number of rotatable bonds is 10. The van der Waals surface area contributed by atoms with Crippen LogP contribution < -0.4 is 14.8 Å². The zero-order chi connectivity index (χ0) is 14.8. The number of hydrogen-bond donors (Lipinski definition) is 1. The van der Waals surface area contributed by atoms with Crippen molar-refractivity contribution < 1.29 is 19.0 Å². The van der Waals surface area contributed by atoms with Gasteiger partial charge in [0.2, 0.25) is 6.41 Å². The third kappa shape index (κ3) is 4.74. The molecule has 1 N–H and O–H groups in total. The first kappa shape index (κ1) is 16.3. The molecule has 0 aliphatic carbocycles. The molecule has 0 aliphatic heterocycles. The molecule has 20 heavy (non-hydrogen) atoms. The van der Waals surface area contributed by atoms with Crippen molar-refractivity contribution in [1.82, 2.24) is 5.32 Å². The van der Waals surface area contributed by atoms with E-state index in [1.165, 1.54) is 0 Å². The van der Waals surface area contributed by atoms with Crippen molar-refractivity contribution in [3.05, 3.63) is 23.3 Å². The second-order valence-electron chi connectivity index (χ2n) is 4.27. The Kier molecular flexibility index (Phi) is 7.50. The van der Waals surface area contributed by atoms with Crippen LogP contribution in [0.15, 0.2) is 12.1 Å². The van der Waals surface area contributed by atoms with Crippen LogP contribution in [0.4, 0.5) is 0 Å². The number of amides is 1. The Morgan fingerprint density at radius 2 is 1.85 bits per heavy atom. The van der Waals surface area contributed by atoms with E-state index < -0.39 is 0 Å². The van der Waals surface area contributed by atoms with Crippen molar-refractivity contribution >= 4 is 6.41 Å². The van der Waals surface area contributed by atoms with Crippen molar-refractivity contribution in [2.45, 2.75) is 19.8 Å². The lowest BCUT2D eigenvalue weighted by molar-refractivity contribution is -0.109. The van der Waals surface area contributed by atoms with E-state index in [1.54, 1.807) is 14.2 Å². The lowest BCUT2D eigenvalue weighted by Gasteiger charge is -2.15. The molecule has 0 heterocycles. The molecule has 112 valence electrons. The second kappa shape index (κ2) is 9.20. The minimum absolute atomic E-state index is 0.589. The lowest BCUT2D eigenvalue weighted by Crippen LogP contribution is -2.15. The van der Waals surface area contributed by atoms with Crippen molar-refractivity contribution in [3.63, 3.8) is 0 Å². The van der Waals surface area contributed by atoms with Gasteiger partial charge in [0.1, 0.15) is 0 Å². The highest BCUT2D eigenvalue weighted by Crippen LogP contribution is 2.31. The van der Waals surface area contributed by atoms with E-state index in [-0.39, 0.29) is 0 Å². The molecular formula is C15H23NO4. The van der Waals surface area contributed by atoms with Gasteiger partial charge in [-0.15, -0.1) is 0 Å². The summed E-state index contributed by atoms with van der Waals surface area (Å²) in [5.74, 6) is 1.46. The maximum absolute atomic E-state index is 10.3. The van der Waals surface area contributed by atoms with E-state index in [1.807, 2.05) is 19.1 Å². The van der Waals surface area contributed by atoms with Crippen LogP contribution in [0.3, 0.4) is 0 Å². The predicted octanol–water partition coefficient (Wildman–Crippen LogP) is 1.57. The summed E-state index contributed by atoms with van der Waals surface area (Å²) in [6, 6.07) is 3.97. The maximum Gasteiger partial charge on any atom is 0.207 e. The first-order chi connectivity index (χ1) is 9.76. The number of ether oxygens (including phenoxy) is 3. The summed E-state index contributed by atoms with van der Waals surface area (Å²) in [7, 11) is 3.31. The second-order valence-corrected chi connectivity index (χ2v) is 4.27. The molecule has 1 aromatic carbocycles. The quantitative estimate of drug-likeness (QED) is 0.522. The summed E-state index contributed by atoms with van der Waals surface area (Å²) in [5.41, 5.74) is 2.29. The van der Waals surface area contributed by atoms with Crippen LogP contribution in [-0.4, -0.2) is 40.4 Å². The summed E-state index contributed by atoms with van der Waals surface area (Å²) in [6.45, 7) is 3.77. The summed E-state index contributed by atoms with van der Waals surface area (Å²) in [4.78, 5) is 10.3. The van der Waals surface area contributed by atoms with Gasteiger partial charge in [-0.3, -0.25) is 4.79 Å². The average molecular weight is 281 g/mol. The summed E-state index contributed by atoms with van der Waals surface area (Å²) in [6.07, 6.45) is 2.26. The van der Waals surface area contributed by atoms with E-state index >= 15 is 0 Å². The zero-order valence-corrected chi connectivity index (χ0v) is 12.4. The molecule has 0 spiro atoms. The number of carbonyl (C=O) groups is 1. The molecule has 0 aliphatic rings. The van der Waals surface area contributed by atoms with Gasteiger partial charge < -0.3 is 19.5 Å². The Balaban J connectivity index is 2.99. The van der Waals surface area contributed by atoms with Gasteiger partial charge in [-0.05, 0) is 43.0 Å². The number of methoxy groups -OCH3 is 2. The third-order valence-corrected chi connectivity index (χ3v) is 2.98. The Labute approximate surface area is 120 Å². The van der Waals surface area contributed by atoms with Gasteiger partial charge in [-0.1, -0.05) is 0 Å². The van der Waals surface area contributed by atoms with Gasteiger partial charge in [-0.25, -0.2) is 0 Å². The van der Waals surface area contributed by atoms with Crippen LogP contribution >= 0.6 is 0 Å². The molecule has 0 fully saturated rings. The molecule has 0 atom stereocenters. The normalized spacial score (nSPS) is 10.2. The molecule has 0 radical (unpaired) electrons. The molecular weight excluding hydrogens is 258 g/mol. The van der Waals surface area contributed by atoms with Crippen LogP contribution in [0.1, 0.15) is 18.1 Å². The molecule has 1 aromatic rings. The highest BCUT2D eigenvalue weighted by molar-refractivity contribution is 5.49. The van der Waals surface area contributed by atoms with Gasteiger partial charge >= 0.3 is 0 Å². The van der Waals surface area contributed by atoms with Crippen LogP contribution in [0.2, 0.25) is 0 Å². The van der Waals surface area contributed by atoms with Crippen LogP contribution in [0.5, 0.6) is 11.5 Å². The van der Waals surface area contributed by atoms with Gasteiger partial charge in [0, 0.05) is 13.7 Å². The summed E-state index contributed by atoms with van der Waals surface area (Å²) < 4.78 is 16.1. The van der Waals surface area contributed by atoms with Gasteiger partial charge in [-0.2, -0.15) is 0 Å². The molecule has 1 rings (SSSR count). The highest BCUT2D eigenvalue weighted by Gasteiger charge is 2.11. The SMILES string of the molecule is CCOc1cc(CCOC)c(CCNC=O)cc1OC. The van der Waals surface area contributed by atoms with Crippen LogP contribution in [0, 0.1) is 0 Å². The standard InChI is InChI=1S/C15H23NO4/c1-4-20-15-10-13(6-8-18-2)12(5-7-16-11-17)9-14(15)19-3/h9-11H,4-8H2,1-3H3,(H,16,17). The monoisotopic (exact) mass is 281 g/mol. The van der Waals surface area contributed by atoms with Crippen molar-refractivity contribution in [1.29, 1.82) is 0 Å². The van der Waals surface area contributed by atoms with Gasteiger partial charge in [0.25, 0.3) is 0 Å². The fraction of sp³-hybridized carbons (Fsp3) is 0.533. The Hall–Kier alpha value is -1.75. The molecule has 1 amide bonds. The Morgan fingerprint density at radius 3 is 2.45 bits per heavy atom. The topological polar surface area (TPSA) is 56.8 Å². The minimum Gasteiger partial charge on any atom is -0.493 e. The van der Waals surface area contributed by atoms with Crippen LogP contribution in [-0.2, 0) is 22.4 Å². The van der Waals surface area contributed by atoms with Crippen LogP contribution in [0.25, 0.3) is 0 Å². The Morgan fingerprint density at radius 1 is 1.15 bits per heavy atom. The molecule has 0 bridgehead atoms. The molecule has 0 aromatic heterocycles. The fourth-order valence-corrected chi connectivity index (χ4v) is 2.02. The van der Waals surface area contributed by atoms with E-state index in [2.05, 4.69) is 5.32 Å². The zero-order valence-electron chi connectivity index (χ0n) is 12.4. The highest BCUT2D eigenvalue weighted by atomic mass is 16.5. The van der Waals surface area contributed by atoms with Crippen molar-refractivity contribution in [2.75, 3.05) is 34.0 Å². The maximum atomic E-state index is 10.3. The predicted molar refractivity (Wildman–Crippen MR) is 77.5 cm³/mol. The number of carbonyl (C=O) groups excluding carboxylic acids is 1. The molecule has 0 saturated carbocycles. The largest absolute Gasteiger partial charge is 0.493 e. The van der Waals surface area contributed by atoms with E-state index in [0.29, 0.717) is 31.9 Å². The summed E-state index contributed by atoms with van der Waals surface area (Å²) in [5, 5.41) is 2.67. The van der Waals surface area contributed by atoms with E-state index in [0.717, 1.165) is 29.7 Å². The Bertz CT molecular complexity index is 421. The molecule has 0 unspecified atom stereocenters. The third-order valence-electron chi connectivity index (χ3n) is 2.98. The number of benzene rings is 1. The van der Waals surface area contributed by atoms with E-state index in [4.69, 9.17) is 14.2 Å². The number of hydrogen-bond acceptors (Lipinski definition) is 4. The smallest absolute Gasteiger partial charge is 0.207 e.